The molecule has 2 aliphatic rings. The van der Waals surface area contributed by atoms with Crippen molar-refractivity contribution in [3.8, 4) is 5.75 Å². The van der Waals surface area contributed by atoms with Gasteiger partial charge in [0.15, 0.2) is 0 Å². The number of fused-ring (bicyclic) bond motifs is 1. The summed E-state index contributed by atoms with van der Waals surface area (Å²) in [5.74, 6) is 2.43. The van der Waals surface area contributed by atoms with Crippen LogP contribution >= 0.6 is 0 Å². The first kappa shape index (κ1) is 27.6. The van der Waals surface area contributed by atoms with Crippen molar-refractivity contribution in [1.29, 1.82) is 0 Å². The Balaban J connectivity index is 1.29. The number of aromatic nitrogens is 1. The Labute approximate surface area is 246 Å². The number of carbonyl (C=O) groups excluding carboxylic acids is 2. The molecule has 2 fully saturated rings. The Kier molecular flexibility index (Phi) is 8.26. The third-order valence-corrected chi connectivity index (χ3v) is 8.09. The van der Waals surface area contributed by atoms with Crippen molar-refractivity contribution in [2.75, 3.05) is 43.1 Å². The second-order valence-electron chi connectivity index (χ2n) is 11.0. The largest absolute Gasteiger partial charge is 0.497 e. The summed E-state index contributed by atoms with van der Waals surface area (Å²) in [4.78, 5) is 37.0. The zero-order valence-corrected chi connectivity index (χ0v) is 24.1. The Bertz CT molecular complexity index is 1530. The third-order valence-electron chi connectivity index (χ3n) is 8.09. The van der Waals surface area contributed by atoms with Crippen LogP contribution in [0, 0.1) is 0 Å². The Morgan fingerprint density at radius 1 is 1.00 bits per heavy atom. The molecule has 3 amide bonds. The number of benzene rings is 2. The molecule has 2 saturated heterocycles. The number of urea groups is 1. The molecule has 0 atom stereocenters. The maximum atomic E-state index is 13.9. The molecule has 0 saturated carbocycles. The molecule has 0 bridgehead atoms. The second-order valence-corrected chi connectivity index (χ2v) is 11.0. The van der Waals surface area contributed by atoms with Gasteiger partial charge >= 0.3 is 6.03 Å². The summed E-state index contributed by atoms with van der Waals surface area (Å²) in [7, 11) is 1.67. The van der Waals surface area contributed by atoms with Gasteiger partial charge in [0.2, 0.25) is 5.91 Å². The van der Waals surface area contributed by atoms with Crippen LogP contribution < -0.4 is 19.9 Å². The van der Waals surface area contributed by atoms with E-state index in [0.717, 1.165) is 71.0 Å². The molecule has 1 N–H and O–H groups in total. The van der Waals surface area contributed by atoms with E-state index in [-0.39, 0.29) is 18.4 Å². The first-order chi connectivity index (χ1) is 20.6. The monoisotopic (exact) mass is 567 g/mol. The fraction of sp³-hybridized carbons (Fsp3) is 0.364. The summed E-state index contributed by atoms with van der Waals surface area (Å²) >= 11 is 0. The van der Waals surface area contributed by atoms with Crippen LogP contribution in [0.4, 0.5) is 16.3 Å². The van der Waals surface area contributed by atoms with Gasteiger partial charge in [0, 0.05) is 55.4 Å². The third kappa shape index (κ3) is 6.20. The van der Waals surface area contributed by atoms with Crippen LogP contribution in [0.5, 0.6) is 5.75 Å². The first-order valence-electron chi connectivity index (χ1n) is 14.7. The Morgan fingerprint density at radius 2 is 1.81 bits per heavy atom. The number of nitrogens with zero attached hydrogens (tertiary/aromatic N) is 4. The normalized spacial score (nSPS) is 15.5. The van der Waals surface area contributed by atoms with Crippen molar-refractivity contribution < 1.29 is 18.7 Å². The summed E-state index contributed by atoms with van der Waals surface area (Å²) in [6.07, 6.45) is 6.57. The van der Waals surface area contributed by atoms with Gasteiger partial charge in [0.1, 0.15) is 17.3 Å². The molecule has 0 aliphatic carbocycles. The minimum absolute atomic E-state index is 0.00490. The van der Waals surface area contributed by atoms with E-state index in [0.29, 0.717) is 26.2 Å². The number of nitrogens with one attached hydrogen (secondary N) is 1. The molecular weight excluding hydrogens is 530 g/mol. The second kappa shape index (κ2) is 12.5. The zero-order chi connectivity index (χ0) is 28.9. The summed E-state index contributed by atoms with van der Waals surface area (Å²) in [5, 5.41) is 3.84. The lowest BCUT2D eigenvalue weighted by molar-refractivity contribution is -0.132. The van der Waals surface area contributed by atoms with Crippen LogP contribution in [0.3, 0.4) is 0 Å². The molecule has 2 aliphatic heterocycles. The van der Waals surface area contributed by atoms with E-state index in [1.807, 2.05) is 59.5 Å². The van der Waals surface area contributed by atoms with E-state index in [1.165, 1.54) is 12.8 Å². The van der Waals surface area contributed by atoms with Crippen molar-refractivity contribution in [1.82, 2.24) is 15.2 Å². The number of pyridine rings is 1. The number of rotatable bonds is 9. The van der Waals surface area contributed by atoms with Gasteiger partial charge in [-0.25, -0.2) is 9.78 Å². The highest BCUT2D eigenvalue weighted by Gasteiger charge is 2.24. The van der Waals surface area contributed by atoms with Crippen molar-refractivity contribution >= 4 is 34.3 Å². The van der Waals surface area contributed by atoms with Crippen LogP contribution in [-0.4, -0.2) is 55.1 Å². The van der Waals surface area contributed by atoms with Crippen molar-refractivity contribution in [3.05, 3.63) is 83.8 Å². The number of methoxy groups -OCH3 is 1. The van der Waals surface area contributed by atoms with Gasteiger partial charge in [-0.05, 0) is 60.9 Å². The van der Waals surface area contributed by atoms with Crippen molar-refractivity contribution in [3.63, 3.8) is 0 Å². The average Bonchev–Trinajstić information content (AvgIpc) is 3.60. The van der Waals surface area contributed by atoms with Crippen LogP contribution in [0.2, 0.25) is 0 Å². The smallest absolute Gasteiger partial charge is 0.321 e. The van der Waals surface area contributed by atoms with E-state index < -0.39 is 0 Å². The molecule has 218 valence electrons. The molecule has 0 radical (unpaired) electrons. The van der Waals surface area contributed by atoms with Crippen LogP contribution in [0.15, 0.2) is 71.3 Å². The molecule has 0 unspecified atom stereocenters. The van der Waals surface area contributed by atoms with E-state index >= 15 is 0 Å². The molecular formula is C33H37N5O4. The predicted octanol–water partition coefficient (Wildman–Crippen LogP) is 5.52. The SMILES string of the molecule is COc1ccc2cc(CN(Cc3ccco3)C(=O)Cc3ccc(N4CCNC4=O)cc3)c(N3CCCCCC3)nc2c1. The summed E-state index contributed by atoms with van der Waals surface area (Å²) in [5.41, 5.74) is 3.62. The number of ether oxygens (including phenoxy) is 1. The van der Waals surface area contributed by atoms with Gasteiger partial charge in [-0.1, -0.05) is 25.0 Å². The quantitative estimate of drug-likeness (QED) is 0.287. The van der Waals surface area contributed by atoms with E-state index in [2.05, 4.69) is 16.3 Å². The lowest BCUT2D eigenvalue weighted by atomic mass is 10.1. The first-order valence-corrected chi connectivity index (χ1v) is 14.7. The number of hydrogen-bond acceptors (Lipinski definition) is 6. The van der Waals surface area contributed by atoms with Gasteiger partial charge < -0.3 is 24.3 Å². The minimum Gasteiger partial charge on any atom is -0.497 e. The van der Waals surface area contributed by atoms with Gasteiger partial charge in [0.05, 0.1) is 31.9 Å². The molecule has 42 heavy (non-hydrogen) atoms. The highest BCUT2D eigenvalue weighted by molar-refractivity contribution is 5.94. The van der Waals surface area contributed by atoms with Gasteiger partial charge in [-0.3, -0.25) is 9.69 Å². The van der Waals surface area contributed by atoms with Gasteiger partial charge in [0.25, 0.3) is 0 Å². The molecule has 4 heterocycles. The number of anilines is 2. The maximum absolute atomic E-state index is 13.9. The number of amides is 3. The lowest BCUT2D eigenvalue weighted by Gasteiger charge is -2.28. The van der Waals surface area contributed by atoms with Crippen molar-refractivity contribution in [2.45, 2.75) is 45.2 Å². The lowest BCUT2D eigenvalue weighted by Crippen LogP contribution is -2.33. The highest BCUT2D eigenvalue weighted by Crippen LogP contribution is 2.30. The molecule has 2 aromatic carbocycles. The molecule has 6 rings (SSSR count). The van der Waals surface area contributed by atoms with Crippen LogP contribution in [0.25, 0.3) is 10.9 Å². The predicted molar refractivity (Wildman–Crippen MR) is 163 cm³/mol. The maximum Gasteiger partial charge on any atom is 0.321 e. The van der Waals surface area contributed by atoms with Gasteiger partial charge in [-0.15, -0.1) is 0 Å². The Hall–Kier alpha value is -4.53. The standard InChI is InChI=1S/C33H37N5O4/c1-41-28-13-10-25-20-26(32(35-30(25)21-28)36-15-4-2-3-5-16-36)22-37(23-29-7-6-18-42-29)31(39)19-24-8-11-27(12-9-24)38-17-14-34-33(38)40/h6-13,18,20-21H,2-5,14-17,19,22-23H2,1H3,(H,34,40). The molecule has 9 heteroatoms. The molecule has 2 aromatic heterocycles. The van der Waals surface area contributed by atoms with Crippen LogP contribution in [-0.2, 0) is 24.3 Å². The number of hydrogen-bond donors (Lipinski definition) is 1. The van der Waals surface area contributed by atoms with Gasteiger partial charge in [-0.2, -0.15) is 0 Å². The van der Waals surface area contributed by atoms with E-state index in [4.69, 9.17) is 14.1 Å². The average molecular weight is 568 g/mol. The number of furan rings is 1. The van der Waals surface area contributed by atoms with Crippen LogP contribution in [0.1, 0.15) is 42.6 Å². The van der Waals surface area contributed by atoms with E-state index in [9.17, 15) is 9.59 Å². The minimum atomic E-state index is -0.0916. The van der Waals surface area contributed by atoms with E-state index in [1.54, 1.807) is 18.3 Å². The molecule has 4 aromatic rings. The van der Waals surface area contributed by atoms with Crippen molar-refractivity contribution in [2.24, 2.45) is 0 Å². The molecule has 0 spiro atoms. The summed E-state index contributed by atoms with van der Waals surface area (Å²) in [6, 6.07) is 19.4. The number of carbonyl (C=O) groups is 2. The summed E-state index contributed by atoms with van der Waals surface area (Å²) in [6.45, 7) is 3.94. The topological polar surface area (TPSA) is 91.2 Å². The molecule has 9 nitrogen and oxygen atoms in total. The summed E-state index contributed by atoms with van der Waals surface area (Å²) < 4.78 is 11.1. The highest BCUT2D eigenvalue weighted by atomic mass is 16.5. The fourth-order valence-electron chi connectivity index (χ4n) is 5.81. The fourth-order valence-corrected chi connectivity index (χ4v) is 5.81. The zero-order valence-electron chi connectivity index (χ0n) is 24.1. The Morgan fingerprint density at radius 3 is 2.50 bits per heavy atom.